The van der Waals surface area contributed by atoms with Crippen LogP contribution >= 0.6 is 0 Å². The van der Waals surface area contributed by atoms with Gasteiger partial charge in [0.1, 0.15) is 35.4 Å². The SMILES string of the molecule is CC(C)(C)OC(=O)CCC(CO)NC(=O)c1cccc(CNC(=O)C23CC4OC(=O)C2N(Cc2ccc(C=CC5CCC6OC6C5)cc2)OC3C2OC(C3CC3)(C3CC3)OC42)c1. The third kappa shape index (κ3) is 8.11. The summed E-state index contributed by atoms with van der Waals surface area (Å²) in [7, 11) is 0. The van der Waals surface area contributed by atoms with Crippen LogP contribution in [-0.2, 0) is 56.0 Å². The number of hydroxylamine groups is 2. The largest absolute Gasteiger partial charge is 0.460 e. The Balaban J connectivity index is 0.856. The summed E-state index contributed by atoms with van der Waals surface area (Å²) in [5, 5.41) is 17.5. The molecule has 10 atom stereocenters. The summed E-state index contributed by atoms with van der Waals surface area (Å²) < 4.78 is 31.2. The molecule has 3 N–H and O–H groups in total. The van der Waals surface area contributed by atoms with Crippen molar-refractivity contribution in [1.82, 2.24) is 15.7 Å². The van der Waals surface area contributed by atoms with E-state index in [2.05, 4.69) is 34.9 Å². The molecule has 10 unspecified atom stereocenters. The quantitative estimate of drug-likeness (QED) is 0.164. The van der Waals surface area contributed by atoms with Crippen molar-refractivity contribution in [3.8, 4) is 0 Å². The van der Waals surface area contributed by atoms with Gasteiger partial charge in [-0.15, -0.1) is 0 Å². The van der Waals surface area contributed by atoms with Crippen LogP contribution in [0.4, 0.5) is 0 Å². The number of carbonyl (C=O) groups is 4. The number of hydrogen-bond donors (Lipinski definition) is 3. The molecule has 10 rings (SSSR count). The van der Waals surface area contributed by atoms with E-state index in [1.807, 2.05) is 18.2 Å². The Labute approximate surface area is 362 Å². The number of ether oxygens (including phenoxy) is 5. The highest BCUT2D eigenvalue weighted by Gasteiger charge is 2.78. The number of esters is 2. The van der Waals surface area contributed by atoms with Gasteiger partial charge in [0.15, 0.2) is 11.8 Å². The van der Waals surface area contributed by atoms with E-state index in [0.29, 0.717) is 29.3 Å². The molecule has 4 aliphatic heterocycles. The van der Waals surface area contributed by atoms with Gasteiger partial charge in [-0.05, 0) is 107 Å². The van der Waals surface area contributed by atoms with Crippen molar-refractivity contribution in [2.75, 3.05) is 6.61 Å². The number of nitrogens with zero attached hydrogens (tertiary/aromatic N) is 1. The molecule has 0 radical (unpaired) electrons. The predicted molar refractivity (Wildman–Crippen MR) is 222 cm³/mol. The summed E-state index contributed by atoms with van der Waals surface area (Å²) >= 11 is 0. The Morgan fingerprint density at radius 2 is 1.71 bits per heavy atom. The summed E-state index contributed by atoms with van der Waals surface area (Å²) in [4.78, 5) is 61.6. The number of fused-ring (bicyclic) bond motifs is 5. The van der Waals surface area contributed by atoms with E-state index in [4.69, 9.17) is 28.5 Å². The third-order valence-electron chi connectivity index (χ3n) is 14.1. The second-order valence-corrected chi connectivity index (χ2v) is 19.9. The van der Waals surface area contributed by atoms with Crippen LogP contribution in [-0.4, -0.2) is 101 Å². The fourth-order valence-electron chi connectivity index (χ4n) is 10.8. The molecule has 4 saturated heterocycles. The van der Waals surface area contributed by atoms with Crippen molar-refractivity contribution in [3.63, 3.8) is 0 Å². The first-order chi connectivity index (χ1) is 29.8. The molecule has 4 heterocycles. The standard InChI is InChI=1S/C48H59N3O11/c1-46(2,3)59-38(53)20-18-34(26-52)50-43(54)31-6-4-5-30(21-31)24-49-45(56)47-23-37-39-40(61-48(60-39,32-14-15-32)33-16-17-33)42(47)62-51(41(47)44(55)58-37)25-29-11-8-27(9-12-29)7-10-28-13-19-35-36(22-28)57-35/h4-12,21,28,32-37,39-42,52H,13-20,22-26H2,1-3H3,(H,49,56)(H,50,54). The molecule has 2 bridgehead atoms. The normalized spacial score (nSPS) is 33.6. The van der Waals surface area contributed by atoms with Gasteiger partial charge in [0.05, 0.1) is 31.4 Å². The van der Waals surface area contributed by atoms with Gasteiger partial charge in [-0.2, -0.15) is 5.06 Å². The lowest BCUT2D eigenvalue weighted by Crippen LogP contribution is -2.69. The lowest BCUT2D eigenvalue weighted by molar-refractivity contribution is -0.235. The average Bonchev–Trinajstić information content (AvgIpc) is 4.16. The number of amides is 2. The number of aliphatic hydroxyl groups is 1. The molecule has 2 amide bonds. The highest BCUT2D eigenvalue weighted by Crippen LogP contribution is 2.64. The van der Waals surface area contributed by atoms with E-state index in [9.17, 15) is 24.3 Å². The number of aliphatic hydroxyl groups excluding tert-OH is 1. The first-order valence-corrected chi connectivity index (χ1v) is 22.7. The maximum Gasteiger partial charge on any atom is 0.327 e. The van der Waals surface area contributed by atoms with Crippen molar-refractivity contribution in [3.05, 3.63) is 76.9 Å². The number of nitrogens with one attached hydrogen (secondary N) is 2. The van der Waals surface area contributed by atoms with E-state index in [0.717, 1.165) is 56.1 Å². The van der Waals surface area contributed by atoms with Crippen LogP contribution in [0.2, 0.25) is 0 Å². The van der Waals surface area contributed by atoms with Gasteiger partial charge in [-0.25, -0.2) is 0 Å². The van der Waals surface area contributed by atoms with E-state index < -0.39 is 71.1 Å². The Morgan fingerprint density at radius 3 is 2.42 bits per heavy atom. The second kappa shape index (κ2) is 16.1. The molecule has 4 aliphatic carbocycles. The van der Waals surface area contributed by atoms with Crippen LogP contribution in [0.5, 0.6) is 0 Å². The molecule has 14 nitrogen and oxygen atoms in total. The zero-order chi connectivity index (χ0) is 43.0. The van der Waals surface area contributed by atoms with Crippen LogP contribution < -0.4 is 10.6 Å². The fraction of sp³-hybridized carbons (Fsp3) is 0.625. The molecule has 8 aliphatic rings. The molecule has 332 valence electrons. The minimum atomic E-state index is -1.34. The summed E-state index contributed by atoms with van der Waals surface area (Å²) in [5.74, 6) is -1.42. The number of allylic oxidation sites excluding steroid dienone is 1. The van der Waals surface area contributed by atoms with Crippen molar-refractivity contribution in [2.24, 2.45) is 23.2 Å². The number of epoxide rings is 1. The first-order valence-electron chi connectivity index (χ1n) is 22.7. The summed E-state index contributed by atoms with van der Waals surface area (Å²) in [6.45, 7) is 5.32. The molecular weight excluding hydrogens is 795 g/mol. The zero-order valence-electron chi connectivity index (χ0n) is 35.8. The van der Waals surface area contributed by atoms with Crippen LogP contribution in [0, 0.1) is 23.2 Å². The van der Waals surface area contributed by atoms with Crippen LogP contribution in [0.1, 0.15) is 112 Å². The predicted octanol–water partition coefficient (Wildman–Crippen LogP) is 4.90. The topological polar surface area (TPSA) is 174 Å². The van der Waals surface area contributed by atoms with Crippen molar-refractivity contribution >= 4 is 29.8 Å². The smallest absolute Gasteiger partial charge is 0.327 e. The third-order valence-corrected chi connectivity index (χ3v) is 14.1. The van der Waals surface area contributed by atoms with Crippen molar-refractivity contribution in [1.29, 1.82) is 0 Å². The van der Waals surface area contributed by atoms with E-state index >= 15 is 0 Å². The van der Waals surface area contributed by atoms with E-state index in [-0.39, 0.29) is 56.7 Å². The van der Waals surface area contributed by atoms with E-state index in [1.165, 1.54) is 0 Å². The molecule has 2 aromatic rings. The summed E-state index contributed by atoms with van der Waals surface area (Å²) in [6, 6.07) is 13.4. The van der Waals surface area contributed by atoms with Crippen LogP contribution in [0.3, 0.4) is 0 Å². The van der Waals surface area contributed by atoms with Gasteiger partial charge in [0.25, 0.3) is 5.91 Å². The highest BCUT2D eigenvalue weighted by atomic mass is 16.8. The number of carbonyl (C=O) groups excluding carboxylic acids is 4. The van der Waals surface area contributed by atoms with Crippen molar-refractivity contribution in [2.45, 2.75) is 158 Å². The summed E-state index contributed by atoms with van der Waals surface area (Å²) in [6.07, 6.45) is 10.6. The summed E-state index contributed by atoms with van der Waals surface area (Å²) in [5.41, 5.74) is 1.03. The van der Waals surface area contributed by atoms with Gasteiger partial charge in [-0.3, -0.25) is 24.0 Å². The first kappa shape index (κ1) is 41.8. The van der Waals surface area contributed by atoms with Gasteiger partial charge in [0.2, 0.25) is 5.91 Å². The van der Waals surface area contributed by atoms with Gasteiger partial charge >= 0.3 is 11.9 Å². The molecule has 0 aromatic heterocycles. The van der Waals surface area contributed by atoms with Gasteiger partial charge < -0.3 is 39.4 Å². The lowest BCUT2D eigenvalue weighted by Gasteiger charge is -2.48. The maximum absolute atomic E-state index is 15.0. The number of rotatable bonds is 15. The average molecular weight is 854 g/mol. The minimum Gasteiger partial charge on any atom is -0.460 e. The minimum absolute atomic E-state index is 0.0383. The monoisotopic (exact) mass is 853 g/mol. The lowest BCUT2D eigenvalue weighted by atomic mass is 9.62. The molecule has 62 heavy (non-hydrogen) atoms. The Bertz CT molecular complexity index is 2080. The Kier molecular flexibility index (Phi) is 10.9. The number of hydrogen-bond acceptors (Lipinski definition) is 12. The fourth-order valence-corrected chi connectivity index (χ4v) is 10.8. The molecule has 8 fully saturated rings. The van der Waals surface area contributed by atoms with Gasteiger partial charge in [-0.1, -0.05) is 48.6 Å². The molecule has 4 saturated carbocycles. The van der Waals surface area contributed by atoms with Crippen LogP contribution in [0.25, 0.3) is 6.08 Å². The molecule has 2 aromatic carbocycles. The Hall–Kier alpha value is -4.18. The van der Waals surface area contributed by atoms with Gasteiger partial charge in [0, 0.05) is 36.8 Å². The second-order valence-electron chi connectivity index (χ2n) is 19.9. The van der Waals surface area contributed by atoms with E-state index in [1.54, 1.807) is 44.0 Å². The highest BCUT2D eigenvalue weighted by molar-refractivity contribution is 5.95. The molecule has 0 spiro atoms. The van der Waals surface area contributed by atoms with Crippen molar-refractivity contribution < 1.29 is 52.8 Å². The number of benzene rings is 2. The van der Waals surface area contributed by atoms with Crippen LogP contribution in [0.15, 0.2) is 54.6 Å². The molecular formula is C48H59N3O11. The Morgan fingerprint density at radius 1 is 0.952 bits per heavy atom. The maximum atomic E-state index is 15.0. The zero-order valence-corrected chi connectivity index (χ0v) is 35.8. The molecule has 14 heteroatoms.